The summed E-state index contributed by atoms with van der Waals surface area (Å²) in [4.78, 5) is 29.7. The SMILES string of the molecule is C#CC[C@H](NC(=O)[C@H](Cc1ccccc1)CS(=O)(=O)CCN(CC)Cc1ccccc1)C(=O)N[C@@H](CC1CCCCC1)[C@@H](O)[C@@H](O)CC(C)C. The number of carbonyl (C=O) groups excluding carboxylic acids is 2. The second-order valence-corrected chi connectivity index (χ2v) is 16.6. The van der Waals surface area contributed by atoms with Crippen molar-refractivity contribution in [3.8, 4) is 12.3 Å². The first-order valence-corrected chi connectivity index (χ1v) is 20.1. The van der Waals surface area contributed by atoms with Gasteiger partial charge in [-0.2, -0.15) is 0 Å². The molecule has 2 aromatic rings. The van der Waals surface area contributed by atoms with Crippen LogP contribution in [-0.4, -0.2) is 84.2 Å². The Bertz CT molecular complexity index is 1440. The number of hydrogen-bond acceptors (Lipinski definition) is 7. The van der Waals surface area contributed by atoms with Crippen molar-refractivity contribution in [2.75, 3.05) is 24.6 Å². The van der Waals surface area contributed by atoms with Gasteiger partial charge in [0.05, 0.1) is 29.6 Å². The highest BCUT2D eigenvalue weighted by Crippen LogP contribution is 2.29. The molecule has 3 rings (SSSR count). The maximum absolute atomic E-state index is 13.9. The van der Waals surface area contributed by atoms with Gasteiger partial charge < -0.3 is 20.8 Å². The topological polar surface area (TPSA) is 136 Å². The van der Waals surface area contributed by atoms with Gasteiger partial charge in [0.25, 0.3) is 0 Å². The van der Waals surface area contributed by atoms with Crippen molar-refractivity contribution in [2.45, 2.75) is 109 Å². The average Bonchev–Trinajstić information content (AvgIpc) is 3.09. The number of sulfone groups is 1. The summed E-state index contributed by atoms with van der Waals surface area (Å²) in [5, 5.41) is 27.7. The molecule has 0 aromatic heterocycles. The second-order valence-electron chi connectivity index (χ2n) is 14.4. The van der Waals surface area contributed by atoms with Gasteiger partial charge in [-0.25, -0.2) is 8.42 Å². The molecule has 2 aromatic carbocycles. The fourth-order valence-electron chi connectivity index (χ4n) is 6.83. The summed E-state index contributed by atoms with van der Waals surface area (Å²) in [6, 6.07) is 17.2. The van der Waals surface area contributed by atoms with Crippen LogP contribution < -0.4 is 10.6 Å². The standard InChI is InChI=1S/C40H59N3O6S/c1-5-16-35(40(47)42-36(27-32-19-12-8-13-20-32)38(45)37(44)25-30(3)4)41-39(46)34(26-31-17-10-7-11-18-31)29-50(48,49)24-23-43(6-2)28-33-21-14-9-15-22-33/h1,7,9-11,14-15,17-18,21-22,30,32,34-38,44-45H,6,8,12-13,16,19-20,23-29H2,2-4H3,(H,41,46)(H,42,47)/t34-,35+,36+,37+,38-/m1/s1. The van der Waals surface area contributed by atoms with Gasteiger partial charge in [0, 0.05) is 19.5 Å². The lowest BCUT2D eigenvalue weighted by atomic mass is 9.82. The highest BCUT2D eigenvalue weighted by molar-refractivity contribution is 7.91. The number of benzene rings is 2. The Morgan fingerprint density at radius 1 is 0.940 bits per heavy atom. The zero-order chi connectivity index (χ0) is 36.5. The van der Waals surface area contributed by atoms with Gasteiger partial charge in [0.1, 0.15) is 12.1 Å². The van der Waals surface area contributed by atoms with Gasteiger partial charge >= 0.3 is 0 Å². The van der Waals surface area contributed by atoms with Gasteiger partial charge in [-0.05, 0) is 48.8 Å². The van der Waals surface area contributed by atoms with Crippen molar-refractivity contribution in [3.05, 3.63) is 71.8 Å². The predicted molar refractivity (Wildman–Crippen MR) is 200 cm³/mol. The van der Waals surface area contributed by atoms with Crippen molar-refractivity contribution in [3.63, 3.8) is 0 Å². The predicted octanol–water partition coefficient (Wildman–Crippen LogP) is 4.51. The number of terminal acetylenes is 1. The van der Waals surface area contributed by atoms with Crippen molar-refractivity contribution in [1.29, 1.82) is 0 Å². The Kier molecular flexibility index (Phi) is 17.5. The molecular weight excluding hydrogens is 651 g/mol. The van der Waals surface area contributed by atoms with E-state index in [-0.39, 0.29) is 30.3 Å². The molecule has 0 heterocycles. The van der Waals surface area contributed by atoms with Crippen LogP contribution in [0, 0.1) is 30.1 Å². The first-order chi connectivity index (χ1) is 23.9. The third-order valence-electron chi connectivity index (χ3n) is 9.68. The molecule has 1 fully saturated rings. The molecule has 50 heavy (non-hydrogen) atoms. The zero-order valence-corrected chi connectivity index (χ0v) is 31.0. The summed E-state index contributed by atoms with van der Waals surface area (Å²) in [5.41, 5.74) is 1.89. The summed E-state index contributed by atoms with van der Waals surface area (Å²) >= 11 is 0. The molecule has 1 aliphatic rings. The molecule has 0 spiro atoms. The van der Waals surface area contributed by atoms with E-state index in [9.17, 15) is 28.2 Å². The summed E-state index contributed by atoms with van der Waals surface area (Å²) in [6.07, 6.45) is 9.68. The molecule has 4 N–H and O–H groups in total. The number of carbonyl (C=O) groups is 2. The number of hydrogen-bond donors (Lipinski definition) is 4. The smallest absolute Gasteiger partial charge is 0.243 e. The van der Waals surface area contributed by atoms with E-state index in [0.29, 0.717) is 38.4 Å². The van der Waals surface area contributed by atoms with Crippen LogP contribution in [0.2, 0.25) is 0 Å². The lowest BCUT2D eigenvalue weighted by Gasteiger charge is -2.33. The van der Waals surface area contributed by atoms with E-state index < -0.39 is 51.9 Å². The number of aliphatic hydroxyl groups excluding tert-OH is 2. The summed E-state index contributed by atoms with van der Waals surface area (Å²) in [5.74, 6) is 0.321. The fraction of sp³-hybridized carbons (Fsp3) is 0.600. The molecule has 0 unspecified atom stereocenters. The van der Waals surface area contributed by atoms with Crippen molar-refractivity contribution in [2.24, 2.45) is 17.8 Å². The summed E-state index contributed by atoms with van der Waals surface area (Å²) in [6.45, 7) is 7.52. The van der Waals surface area contributed by atoms with Crippen LogP contribution in [0.5, 0.6) is 0 Å². The molecule has 9 nitrogen and oxygen atoms in total. The van der Waals surface area contributed by atoms with E-state index in [1.54, 1.807) is 0 Å². The Morgan fingerprint density at radius 3 is 2.14 bits per heavy atom. The number of aliphatic hydroxyl groups is 2. The Labute approximate surface area is 300 Å². The van der Waals surface area contributed by atoms with Crippen molar-refractivity contribution in [1.82, 2.24) is 15.5 Å². The monoisotopic (exact) mass is 709 g/mol. The van der Waals surface area contributed by atoms with E-state index in [0.717, 1.165) is 43.2 Å². The Balaban J connectivity index is 1.75. The Morgan fingerprint density at radius 2 is 1.56 bits per heavy atom. The zero-order valence-electron chi connectivity index (χ0n) is 30.2. The molecule has 10 heteroatoms. The minimum absolute atomic E-state index is 0.111. The molecule has 1 saturated carbocycles. The highest BCUT2D eigenvalue weighted by atomic mass is 32.2. The quantitative estimate of drug-likeness (QED) is 0.140. The number of rotatable bonds is 21. The normalized spacial score (nSPS) is 17.0. The minimum Gasteiger partial charge on any atom is -0.390 e. The van der Waals surface area contributed by atoms with Crippen LogP contribution in [0.15, 0.2) is 60.7 Å². The number of nitrogens with one attached hydrogen (secondary N) is 2. The van der Waals surface area contributed by atoms with Gasteiger partial charge in [-0.3, -0.25) is 14.5 Å². The molecular formula is C40H59N3O6S. The fourth-order valence-corrected chi connectivity index (χ4v) is 8.42. The first-order valence-electron chi connectivity index (χ1n) is 18.3. The Hall–Kier alpha value is -3.23. The largest absolute Gasteiger partial charge is 0.390 e. The molecule has 0 saturated heterocycles. The van der Waals surface area contributed by atoms with Crippen molar-refractivity contribution < 1.29 is 28.2 Å². The molecule has 2 amide bonds. The third kappa shape index (κ3) is 14.6. The first kappa shape index (κ1) is 41.2. The van der Waals surface area contributed by atoms with Crippen LogP contribution in [0.3, 0.4) is 0 Å². The second kappa shape index (κ2) is 21.2. The summed E-state index contributed by atoms with van der Waals surface area (Å²) < 4.78 is 27.1. The number of nitrogens with zero attached hydrogens (tertiary/aromatic N) is 1. The lowest BCUT2D eigenvalue weighted by molar-refractivity contribution is -0.132. The highest BCUT2D eigenvalue weighted by Gasteiger charge is 2.34. The number of amides is 2. The molecule has 0 bridgehead atoms. The van der Waals surface area contributed by atoms with Crippen molar-refractivity contribution >= 4 is 21.7 Å². The van der Waals surface area contributed by atoms with Crippen LogP contribution in [0.25, 0.3) is 0 Å². The van der Waals surface area contributed by atoms with Crippen LogP contribution in [0.4, 0.5) is 0 Å². The summed E-state index contributed by atoms with van der Waals surface area (Å²) in [7, 11) is -3.68. The van der Waals surface area contributed by atoms with Gasteiger partial charge in [-0.15, -0.1) is 12.3 Å². The maximum Gasteiger partial charge on any atom is 0.243 e. The van der Waals surface area contributed by atoms with Crippen LogP contribution >= 0.6 is 0 Å². The molecule has 0 radical (unpaired) electrons. The molecule has 1 aliphatic carbocycles. The maximum atomic E-state index is 13.9. The van der Waals surface area contributed by atoms with E-state index in [2.05, 4.69) is 21.5 Å². The van der Waals surface area contributed by atoms with E-state index in [1.807, 2.05) is 81.4 Å². The van der Waals surface area contributed by atoms with Crippen LogP contribution in [0.1, 0.15) is 83.3 Å². The lowest BCUT2D eigenvalue weighted by Crippen LogP contribution is -2.56. The molecule has 276 valence electrons. The van der Waals surface area contributed by atoms with Gasteiger partial charge in [-0.1, -0.05) is 114 Å². The molecule has 0 aliphatic heterocycles. The van der Waals surface area contributed by atoms with Gasteiger partial charge in [0.15, 0.2) is 9.84 Å². The third-order valence-corrected chi connectivity index (χ3v) is 11.4. The average molecular weight is 710 g/mol. The van der Waals surface area contributed by atoms with E-state index >= 15 is 0 Å². The van der Waals surface area contributed by atoms with E-state index in [4.69, 9.17) is 6.42 Å². The van der Waals surface area contributed by atoms with Crippen LogP contribution in [-0.2, 0) is 32.4 Å². The van der Waals surface area contributed by atoms with Gasteiger partial charge in [0.2, 0.25) is 11.8 Å². The minimum atomic E-state index is -3.68. The van der Waals surface area contributed by atoms with E-state index in [1.165, 1.54) is 0 Å². The molecule has 5 atom stereocenters.